The molecule has 3 N–H and O–H groups in total. The molecule has 0 spiro atoms. The molecule has 1 aromatic heterocycles. The van der Waals surface area contributed by atoms with Crippen molar-refractivity contribution < 1.29 is 14.7 Å². The second kappa shape index (κ2) is 6.54. The second-order valence-electron chi connectivity index (χ2n) is 5.50. The summed E-state index contributed by atoms with van der Waals surface area (Å²) in [4.78, 5) is 30.0. The first-order chi connectivity index (χ1) is 11.5. The van der Waals surface area contributed by atoms with Gasteiger partial charge in [-0.1, -0.05) is 19.1 Å². The average molecular weight is 323 g/mol. The van der Waals surface area contributed by atoms with Gasteiger partial charge in [-0.15, -0.1) is 0 Å². The van der Waals surface area contributed by atoms with Crippen molar-refractivity contribution in [3.05, 3.63) is 59.4 Å². The monoisotopic (exact) mass is 323 g/mol. The van der Waals surface area contributed by atoms with E-state index in [1.54, 1.807) is 25.1 Å². The number of carboxylic acids is 1. The Labute approximate surface area is 138 Å². The van der Waals surface area contributed by atoms with E-state index in [1.165, 1.54) is 0 Å². The second-order valence-corrected chi connectivity index (χ2v) is 5.50. The smallest absolute Gasteiger partial charge is 0.335 e. The summed E-state index contributed by atoms with van der Waals surface area (Å²) < 4.78 is 0. The van der Waals surface area contributed by atoms with Crippen molar-refractivity contribution in [1.29, 1.82) is 0 Å². The first-order valence-electron chi connectivity index (χ1n) is 7.66. The summed E-state index contributed by atoms with van der Waals surface area (Å²) in [6.07, 6.45) is 1.04. The van der Waals surface area contributed by atoms with E-state index in [0.29, 0.717) is 18.4 Å². The largest absolute Gasteiger partial charge is 0.478 e. The van der Waals surface area contributed by atoms with E-state index in [4.69, 9.17) is 5.11 Å². The molecule has 2 aromatic carbocycles. The lowest BCUT2D eigenvalue weighted by atomic mass is 10.1. The molecule has 3 aromatic rings. The van der Waals surface area contributed by atoms with Gasteiger partial charge in [0.25, 0.3) is 0 Å². The number of hydrogen-bond donors (Lipinski definition) is 3. The SMILES string of the molecule is CCC(=O)Nc1ccc(Cc2nc3ccc(C(=O)O)cc3[nH]2)cc1. The fraction of sp³-hybridized carbons (Fsp3) is 0.167. The fourth-order valence-electron chi connectivity index (χ4n) is 2.43. The third-order valence-corrected chi connectivity index (χ3v) is 3.71. The molecule has 122 valence electrons. The van der Waals surface area contributed by atoms with Gasteiger partial charge in [-0.05, 0) is 35.9 Å². The average Bonchev–Trinajstić information content (AvgIpc) is 2.97. The Bertz CT molecular complexity index is 898. The van der Waals surface area contributed by atoms with Crippen molar-refractivity contribution in [1.82, 2.24) is 9.97 Å². The van der Waals surface area contributed by atoms with Crippen LogP contribution in [-0.4, -0.2) is 27.0 Å². The van der Waals surface area contributed by atoms with Crippen LogP contribution in [0.15, 0.2) is 42.5 Å². The topological polar surface area (TPSA) is 95.1 Å². The molecular formula is C18H17N3O3. The molecule has 0 aliphatic rings. The van der Waals surface area contributed by atoms with Crippen LogP contribution in [0.3, 0.4) is 0 Å². The number of aromatic carboxylic acids is 1. The predicted molar refractivity (Wildman–Crippen MR) is 91.2 cm³/mol. The molecule has 6 heteroatoms. The van der Waals surface area contributed by atoms with Gasteiger partial charge in [-0.2, -0.15) is 0 Å². The van der Waals surface area contributed by atoms with Crippen molar-refractivity contribution in [2.75, 3.05) is 5.32 Å². The number of hydrogen-bond acceptors (Lipinski definition) is 3. The lowest BCUT2D eigenvalue weighted by molar-refractivity contribution is -0.115. The van der Waals surface area contributed by atoms with Crippen LogP contribution in [0.25, 0.3) is 11.0 Å². The maximum atomic E-state index is 11.4. The van der Waals surface area contributed by atoms with Crippen molar-refractivity contribution in [2.24, 2.45) is 0 Å². The van der Waals surface area contributed by atoms with Gasteiger partial charge >= 0.3 is 5.97 Å². The predicted octanol–water partition coefficient (Wildman–Crippen LogP) is 3.20. The number of benzene rings is 2. The number of carboxylic acid groups (broad SMARTS) is 1. The molecular weight excluding hydrogens is 306 g/mol. The van der Waals surface area contributed by atoms with E-state index >= 15 is 0 Å². The molecule has 0 fully saturated rings. The minimum absolute atomic E-state index is 0.0192. The van der Waals surface area contributed by atoms with E-state index < -0.39 is 5.97 Å². The zero-order valence-corrected chi connectivity index (χ0v) is 13.2. The van der Waals surface area contributed by atoms with Crippen LogP contribution in [-0.2, 0) is 11.2 Å². The number of anilines is 1. The van der Waals surface area contributed by atoms with Crippen molar-refractivity contribution >= 4 is 28.6 Å². The number of carbonyl (C=O) groups is 2. The first-order valence-corrected chi connectivity index (χ1v) is 7.66. The Morgan fingerprint density at radius 3 is 2.58 bits per heavy atom. The summed E-state index contributed by atoms with van der Waals surface area (Å²) >= 11 is 0. The van der Waals surface area contributed by atoms with E-state index in [0.717, 1.165) is 22.6 Å². The van der Waals surface area contributed by atoms with Crippen LogP contribution in [0.2, 0.25) is 0 Å². The van der Waals surface area contributed by atoms with Crippen LogP contribution in [0.4, 0.5) is 5.69 Å². The van der Waals surface area contributed by atoms with Gasteiger partial charge in [0.15, 0.2) is 0 Å². The van der Waals surface area contributed by atoms with Gasteiger partial charge < -0.3 is 15.4 Å². The molecule has 1 heterocycles. The molecule has 3 rings (SSSR count). The number of H-pyrrole nitrogens is 1. The molecule has 1 amide bonds. The summed E-state index contributed by atoms with van der Waals surface area (Å²) in [6, 6.07) is 12.4. The van der Waals surface area contributed by atoms with Crippen LogP contribution in [0.5, 0.6) is 0 Å². The number of aromatic nitrogens is 2. The fourth-order valence-corrected chi connectivity index (χ4v) is 2.43. The Morgan fingerprint density at radius 1 is 1.17 bits per heavy atom. The Hall–Kier alpha value is -3.15. The third-order valence-electron chi connectivity index (χ3n) is 3.71. The number of nitrogens with one attached hydrogen (secondary N) is 2. The number of nitrogens with zero attached hydrogens (tertiary/aromatic N) is 1. The van der Waals surface area contributed by atoms with Crippen molar-refractivity contribution in [2.45, 2.75) is 19.8 Å². The summed E-state index contributed by atoms with van der Waals surface area (Å²) in [6.45, 7) is 1.81. The van der Waals surface area contributed by atoms with Gasteiger partial charge in [0.2, 0.25) is 5.91 Å². The maximum absolute atomic E-state index is 11.4. The summed E-state index contributed by atoms with van der Waals surface area (Å²) in [5.74, 6) is -0.218. The number of rotatable bonds is 5. The number of aromatic amines is 1. The number of carbonyl (C=O) groups excluding carboxylic acids is 1. The van der Waals surface area contributed by atoms with E-state index in [2.05, 4.69) is 15.3 Å². The van der Waals surface area contributed by atoms with Crippen LogP contribution in [0, 0.1) is 0 Å². The van der Waals surface area contributed by atoms with Crippen LogP contribution < -0.4 is 5.32 Å². The van der Waals surface area contributed by atoms with Gasteiger partial charge in [-0.3, -0.25) is 4.79 Å². The first kappa shape index (κ1) is 15.7. The molecule has 0 unspecified atom stereocenters. The van der Waals surface area contributed by atoms with E-state index in [-0.39, 0.29) is 11.5 Å². The molecule has 0 atom stereocenters. The lowest BCUT2D eigenvalue weighted by Gasteiger charge is -2.04. The number of imidazole rings is 1. The normalized spacial score (nSPS) is 10.7. The Balaban J connectivity index is 1.77. The zero-order valence-electron chi connectivity index (χ0n) is 13.2. The number of amides is 1. The highest BCUT2D eigenvalue weighted by Gasteiger charge is 2.08. The molecule has 6 nitrogen and oxygen atoms in total. The van der Waals surface area contributed by atoms with Gasteiger partial charge in [-0.25, -0.2) is 9.78 Å². The maximum Gasteiger partial charge on any atom is 0.335 e. The highest BCUT2D eigenvalue weighted by atomic mass is 16.4. The quantitative estimate of drug-likeness (QED) is 0.672. The summed E-state index contributed by atoms with van der Waals surface area (Å²) in [7, 11) is 0. The molecule has 24 heavy (non-hydrogen) atoms. The van der Waals surface area contributed by atoms with Crippen LogP contribution >= 0.6 is 0 Å². The highest BCUT2D eigenvalue weighted by molar-refractivity contribution is 5.92. The third kappa shape index (κ3) is 3.43. The van der Waals surface area contributed by atoms with E-state index in [9.17, 15) is 9.59 Å². The van der Waals surface area contributed by atoms with Crippen molar-refractivity contribution in [3.8, 4) is 0 Å². The standard InChI is InChI=1S/C18H17N3O3/c1-2-17(22)19-13-6-3-11(4-7-13)9-16-20-14-8-5-12(18(23)24)10-15(14)21-16/h3-8,10H,2,9H2,1H3,(H,19,22)(H,20,21)(H,23,24). The molecule has 0 saturated heterocycles. The summed E-state index contributed by atoms with van der Waals surface area (Å²) in [5, 5.41) is 11.8. The Morgan fingerprint density at radius 2 is 1.92 bits per heavy atom. The molecule has 0 radical (unpaired) electrons. The van der Waals surface area contributed by atoms with E-state index in [1.807, 2.05) is 24.3 Å². The Kier molecular flexibility index (Phi) is 4.29. The highest BCUT2D eigenvalue weighted by Crippen LogP contribution is 2.17. The van der Waals surface area contributed by atoms with Crippen LogP contribution in [0.1, 0.15) is 35.1 Å². The zero-order chi connectivity index (χ0) is 17.1. The van der Waals surface area contributed by atoms with Crippen molar-refractivity contribution in [3.63, 3.8) is 0 Å². The van der Waals surface area contributed by atoms with Gasteiger partial charge in [0, 0.05) is 18.5 Å². The molecule has 0 aliphatic carbocycles. The van der Waals surface area contributed by atoms with Gasteiger partial charge in [0.1, 0.15) is 5.82 Å². The molecule has 0 aliphatic heterocycles. The number of fused-ring (bicyclic) bond motifs is 1. The minimum Gasteiger partial charge on any atom is -0.478 e. The minimum atomic E-state index is -0.960. The van der Waals surface area contributed by atoms with Gasteiger partial charge in [0.05, 0.1) is 16.6 Å². The molecule has 0 saturated carbocycles. The lowest BCUT2D eigenvalue weighted by Crippen LogP contribution is -2.09. The molecule has 0 bridgehead atoms. The summed E-state index contributed by atoms with van der Waals surface area (Å²) in [5.41, 5.74) is 3.48.